The van der Waals surface area contributed by atoms with Gasteiger partial charge in [-0.05, 0) is 23.8 Å². The summed E-state index contributed by atoms with van der Waals surface area (Å²) in [6.45, 7) is 0. The largest absolute Gasteiger partial charge is 0.416 e. The van der Waals surface area contributed by atoms with Gasteiger partial charge in [-0.25, -0.2) is 8.42 Å². The summed E-state index contributed by atoms with van der Waals surface area (Å²) in [6, 6.07) is 11.8. The van der Waals surface area contributed by atoms with Crippen molar-refractivity contribution in [1.29, 1.82) is 0 Å². The molecule has 27 heavy (non-hydrogen) atoms. The smallest absolute Gasteiger partial charge is 0.377 e. The molecule has 0 aliphatic rings. The number of halogens is 3. The fourth-order valence-electron chi connectivity index (χ4n) is 2.07. The van der Waals surface area contributed by atoms with Crippen LogP contribution in [0.3, 0.4) is 0 Å². The predicted molar refractivity (Wildman–Crippen MR) is 102 cm³/mol. The Morgan fingerprint density at radius 3 is 2.44 bits per heavy atom. The number of rotatable bonds is 5. The van der Waals surface area contributed by atoms with Gasteiger partial charge < -0.3 is 5.73 Å². The molecule has 10 heteroatoms. The first-order chi connectivity index (χ1) is 12.6. The highest BCUT2D eigenvalue weighted by molar-refractivity contribution is 8.13. The Morgan fingerprint density at radius 1 is 1.19 bits per heavy atom. The number of nitrogens with two attached hydrogens (primary N) is 1. The minimum absolute atomic E-state index is 0.1000. The Morgan fingerprint density at radius 2 is 1.85 bits per heavy atom. The van der Waals surface area contributed by atoms with Crippen LogP contribution in [0.25, 0.3) is 0 Å². The number of nitrogens with zero attached hydrogens (tertiary/aromatic N) is 2. The molecule has 0 amide bonds. The van der Waals surface area contributed by atoms with E-state index in [4.69, 9.17) is 5.73 Å². The first kappa shape index (κ1) is 21.0. The minimum Gasteiger partial charge on any atom is -0.377 e. The van der Waals surface area contributed by atoms with Crippen LogP contribution in [0.5, 0.6) is 0 Å². The average molecular weight is 415 g/mol. The van der Waals surface area contributed by atoms with Gasteiger partial charge in [0.05, 0.1) is 16.7 Å². The molecular weight excluding hydrogens is 399 g/mol. The molecule has 0 spiro atoms. The molecule has 2 rings (SSSR count). The van der Waals surface area contributed by atoms with Crippen molar-refractivity contribution in [3.05, 3.63) is 65.2 Å². The summed E-state index contributed by atoms with van der Waals surface area (Å²) in [6.07, 6.45) is -2.76. The van der Waals surface area contributed by atoms with Gasteiger partial charge in [-0.3, -0.25) is 0 Å². The number of amidine groups is 1. The van der Waals surface area contributed by atoms with E-state index in [-0.39, 0.29) is 15.6 Å². The normalized spacial score (nSPS) is 13.3. The standard InChI is InChI=1S/C17H16F3N3O2S2/c1-27(24,25)15-8-7-14(17(18,19)20)9-13(15)10-22-23-16(21)26-11-12-5-3-2-4-6-12/h2-10H,11H2,1H3,(H2,21,23). The second-order valence-electron chi connectivity index (χ2n) is 5.48. The van der Waals surface area contributed by atoms with Crippen molar-refractivity contribution >= 4 is 33.0 Å². The Bertz CT molecular complexity index is 957. The molecule has 0 heterocycles. The van der Waals surface area contributed by atoms with Crippen LogP contribution < -0.4 is 5.73 Å². The van der Waals surface area contributed by atoms with Crippen molar-refractivity contribution in [3.8, 4) is 0 Å². The third kappa shape index (κ3) is 6.40. The number of hydrogen-bond acceptors (Lipinski definition) is 5. The second-order valence-corrected chi connectivity index (χ2v) is 8.46. The van der Waals surface area contributed by atoms with E-state index in [1.807, 2.05) is 30.3 Å². The third-order valence-corrected chi connectivity index (χ3v) is 5.35. The van der Waals surface area contributed by atoms with E-state index < -0.39 is 21.6 Å². The Labute approximate surface area is 159 Å². The minimum atomic E-state index is -4.60. The maximum atomic E-state index is 12.9. The van der Waals surface area contributed by atoms with Crippen LogP contribution in [0.4, 0.5) is 13.2 Å². The van der Waals surface area contributed by atoms with Crippen molar-refractivity contribution < 1.29 is 21.6 Å². The molecule has 0 aliphatic carbocycles. The monoisotopic (exact) mass is 415 g/mol. The quantitative estimate of drug-likeness (QED) is 0.459. The molecule has 0 aliphatic heterocycles. The van der Waals surface area contributed by atoms with Gasteiger partial charge in [0.25, 0.3) is 0 Å². The van der Waals surface area contributed by atoms with E-state index in [2.05, 4.69) is 10.2 Å². The zero-order valence-corrected chi connectivity index (χ0v) is 15.8. The van der Waals surface area contributed by atoms with E-state index in [0.29, 0.717) is 17.9 Å². The third-order valence-electron chi connectivity index (χ3n) is 3.32. The summed E-state index contributed by atoms with van der Waals surface area (Å²) in [7, 11) is -3.74. The van der Waals surface area contributed by atoms with Crippen molar-refractivity contribution in [2.75, 3.05) is 6.26 Å². The Kier molecular flexibility index (Phi) is 6.66. The maximum absolute atomic E-state index is 12.9. The lowest BCUT2D eigenvalue weighted by atomic mass is 10.1. The van der Waals surface area contributed by atoms with Gasteiger partial charge in [0.1, 0.15) is 0 Å². The van der Waals surface area contributed by atoms with Crippen LogP contribution in [0.1, 0.15) is 16.7 Å². The fourth-order valence-corrected chi connectivity index (χ4v) is 3.54. The van der Waals surface area contributed by atoms with Crippen molar-refractivity contribution in [1.82, 2.24) is 0 Å². The first-order valence-corrected chi connectivity index (χ1v) is 10.4. The summed E-state index contributed by atoms with van der Waals surface area (Å²) in [4.78, 5) is -0.273. The molecule has 2 aromatic rings. The highest BCUT2D eigenvalue weighted by Gasteiger charge is 2.31. The van der Waals surface area contributed by atoms with Gasteiger partial charge >= 0.3 is 6.18 Å². The molecule has 5 nitrogen and oxygen atoms in total. The Balaban J connectivity index is 2.21. The summed E-state index contributed by atoms with van der Waals surface area (Å²) in [5, 5.41) is 7.44. The number of sulfone groups is 1. The molecule has 0 saturated heterocycles. The van der Waals surface area contributed by atoms with E-state index in [1.165, 1.54) is 11.8 Å². The average Bonchev–Trinajstić information content (AvgIpc) is 2.59. The van der Waals surface area contributed by atoms with Crippen LogP contribution in [0.15, 0.2) is 63.6 Å². The Hall–Kier alpha value is -2.33. The van der Waals surface area contributed by atoms with Gasteiger partial charge in [-0.15, -0.1) is 5.10 Å². The SMILES string of the molecule is CS(=O)(=O)c1ccc(C(F)(F)F)cc1C=NN=C(N)SCc1ccccc1. The number of hydrogen-bond donors (Lipinski definition) is 1. The molecule has 0 unspecified atom stereocenters. The molecule has 2 N–H and O–H groups in total. The highest BCUT2D eigenvalue weighted by atomic mass is 32.2. The zero-order valence-electron chi connectivity index (χ0n) is 14.1. The molecule has 0 radical (unpaired) electrons. The van der Waals surface area contributed by atoms with E-state index in [1.54, 1.807) is 0 Å². The molecule has 0 bridgehead atoms. The van der Waals surface area contributed by atoms with Crippen LogP contribution in [-0.4, -0.2) is 26.1 Å². The van der Waals surface area contributed by atoms with Crippen molar-refractivity contribution in [2.24, 2.45) is 15.9 Å². The molecule has 0 fully saturated rings. The van der Waals surface area contributed by atoms with Crippen molar-refractivity contribution in [2.45, 2.75) is 16.8 Å². The second kappa shape index (κ2) is 8.57. The van der Waals surface area contributed by atoms with E-state index in [0.717, 1.165) is 24.1 Å². The predicted octanol–water partition coefficient (Wildman–Crippen LogP) is 3.69. The van der Waals surface area contributed by atoms with Crippen LogP contribution in [0.2, 0.25) is 0 Å². The molecule has 0 aromatic heterocycles. The lowest BCUT2D eigenvalue weighted by Gasteiger charge is -2.09. The summed E-state index contributed by atoms with van der Waals surface area (Å²) < 4.78 is 62.1. The van der Waals surface area contributed by atoms with Gasteiger partial charge in [0.15, 0.2) is 15.0 Å². The maximum Gasteiger partial charge on any atom is 0.416 e. The highest BCUT2D eigenvalue weighted by Crippen LogP contribution is 2.31. The van der Waals surface area contributed by atoms with Crippen LogP contribution >= 0.6 is 11.8 Å². The number of alkyl halides is 3. The topological polar surface area (TPSA) is 84.9 Å². The van der Waals surface area contributed by atoms with Gasteiger partial charge in [-0.2, -0.15) is 18.3 Å². The molecule has 0 saturated carbocycles. The number of benzene rings is 2. The summed E-state index contributed by atoms with van der Waals surface area (Å²) in [5.74, 6) is 0.545. The van der Waals surface area contributed by atoms with E-state index in [9.17, 15) is 21.6 Å². The molecular formula is C17H16F3N3O2S2. The summed E-state index contributed by atoms with van der Waals surface area (Å²) in [5.41, 5.74) is 5.53. The zero-order chi connectivity index (χ0) is 20.1. The lowest BCUT2D eigenvalue weighted by Crippen LogP contribution is -2.09. The first-order valence-electron chi connectivity index (χ1n) is 7.52. The van der Waals surface area contributed by atoms with Crippen LogP contribution in [-0.2, 0) is 21.8 Å². The molecule has 144 valence electrons. The van der Waals surface area contributed by atoms with Crippen molar-refractivity contribution in [3.63, 3.8) is 0 Å². The number of thioether (sulfide) groups is 1. The fraction of sp³-hybridized carbons (Fsp3) is 0.176. The molecule has 2 aromatic carbocycles. The van der Waals surface area contributed by atoms with Gasteiger partial charge in [-0.1, -0.05) is 42.1 Å². The summed E-state index contributed by atoms with van der Waals surface area (Å²) >= 11 is 1.20. The lowest BCUT2D eigenvalue weighted by molar-refractivity contribution is -0.137. The van der Waals surface area contributed by atoms with Gasteiger partial charge in [0.2, 0.25) is 0 Å². The van der Waals surface area contributed by atoms with Crippen LogP contribution in [0, 0.1) is 0 Å². The van der Waals surface area contributed by atoms with Gasteiger partial charge in [0, 0.05) is 17.6 Å². The van der Waals surface area contributed by atoms with E-state index >= 15 is 0 Å². The molecule has 0 atom stereocenters.